The van der Waals surface area contributed by atoms with Gasteiger partial charge >= 0.3 is 0 Å². The van der Waals surface area contributed by atoms with Crippen molar-refractivity contribution in [1.82, 2.24) is 4.98 Å². The van der Waals surface area contributed by atoms with Crippen molar-refractivity contribution in [3.8, 4) is 0 Å². The highest BCUT2D eigenvalue weighted by Crippen LogP contribution is 2.43. The van der Waals surface area contributed by atoms with E-state index in [1.54, 1.807) is 24.9 Å². The molecular formula is C27H29N3O2S. The van der Waals surface area contributed by atoms with Gasteiger partial charge in [0.2, 0.25) is 5.91 Å². The first-order valence-corrected chi connectivity index (χ1v) is 12.4. The van der Waals surface area contributed by atoms with Gasteiger partial charge in [0.1, 0.15) is 5.03 Å². The van der Waals surface area contributed by atoms with Crippen LogP contribution in [-0.2, 0) is 4.79 Å². The van der Waals surface area contributed by atoms with Gasteiger partial charge in [0.05, 0.1) is 11.6 Å². The van der Waals surface area contributed by atoms with E-state index in [9.17, 15) is 9.59 Å². The molecule has 0 spiro atoms. The van der Waals surface area contributed by atoms with Crippen molar-refractivity contribution in [1.29, 1.82) is 0 Å². The summed E-state index contributed by atoms with van der Waals surface area (Å²) in [5, 5.41) is 0.769. The summed E-state index contributed by atoms with van der Waals surface area (Å²) in [5.74, 6) is 0.851. The molecule has 0 aliphatic carbocycles. The lowest BCUT2D eigenvalue weighted by atomic mass is 9.89. The maximum absolute atomic E-state index is 13.8. The summed E-state index contributed by atoms with van der Waals surface area (Å²) in [5.41, 5.74) is 3.32. The van der Waals surface area contributed by atoms with Gasteiger partial charge in [-0.15, -0.1) is 11.8 Å². The number of amides is 2. The van der Waals surface area contributed by atoms with Crippen LogP contribution in [0.5, 0.6) is 0 Å². The van der Waals surface area contributed by atoms with Crippen molar-refractivity contribution in [3.63, 3.8) is 0 Å². The molecule has 2 amide bonds. The van der Waals surface area contributed by atoms with E-state index >= 15 is 0 Å². The molecule has 33 heavy (non-hydrogen) atoms. The summed E-state index contributed by atoms with van der Waals surface area (Å²) in [4.78, 5) is 34.8. The molecule has 1 aliphatic rings. The largest absolute Gasteiger partial charge is 0.305 e. The van der Waals surface area contributed by atoms with Crippen LogP contribution in [0.15, 0.2) is 78.0 Å². The van der Waals surface area contributed by atoms with E-state index in [1.165, 1.54) is 0 Å². The fourth-order valence-corrected chi connectivity index (χ4v) is 5.35. The molecule has 2 aromatic carbocycles. The van der Waals surface area contributed by atoms with Crippen LogP contribution in [0, 0.1) is 0 Å². The molecule has 2 atom stereocenters. The van der Waals surface area contributed by atoms with E-state index in [4.69, 9.17) is 0 Å². The number of para-hydroxylation sites is 2. The monoisotopic (exact) mass is 459 g/mol. The zero-order chi connectivity index (χ0) is 23.4. The Balaban J connectivity index is 1.76. The first-order chi connectivity index (χ1) is 16.0. The molecular weight excluding hydrogens is 430 g/mol. The molecule has 0 saturated heterocycles. The summed E-state index contributed by atoms with van der Waals surface area (Å²) in [6.45, 7) is 5.78. The van der Waals surface area contributed by atoms with Crippen LogP contribution in [0.3, 0.4) is 0 Å². The van der Waals surface area contributed by atoms with Crippen molar-refractivity contribution >= 4 is 35.0 Å². The number of thioether (sulfide) groups is 1. The minimum atomic E-state index is -0.150. The van der Waals surface area contributed by atoms with Gasteiger partial charge in [0.25, 0.3) is 5.91 Å². The number of fused-ring (bicyclic) bond motifs is 1. The van der Waals surface area contributed by atoms with Gasteiger partial charge in [0, 0.05) is 30.5 Å². The molecule has 1 aliphatic heterocycles. The van der Waals surface area contributed by atoms with Crippen LogP contribution < -0.4 is 9.80 Å². The van der Waals surface area contributed by atoms with E-state index in [-0.39, 0.29) is 23.9 Å². The lowest BCUT2D eigenvalue weighted by molar-refractivity contribution is -0.117. The third kappa shape index (κ3) is 4.67. The number of rotatable bonds is 6. The normalized spacial score (nSPS) is 17.4. The van der Waals surface area contributed by atoms with Crippen molar-refractivity contribution < 1.29 is 9.59 Å². The minimum Gasteiger partial charge on any atom is -0.305 e. The number of aromatic nitrogens is 1. The lowest BCUT2D eigenvalue weighted by Crippen LogP contribution is -2.47. The average molecular weight is 460 g/mol. The minimum absolute atomic E-state index is 0.0153. The van der Waals surface area contributed by atoms with E-state index in [0.717, 1.165) is 34.1 Å². The Morgan fingerprint density at radius 2 is 1.79 bits per heavy atom. The number of carbonyl (C=O) groups excluding carboxylic acids is 2. The van der Waals surface area contributed by atoms with E-state index in [1.807, 2.05) is 76.5 Å². The zero-order valence-electron chi connectivity index (χ0n) is 19.3. The van der Waals surface area contributed by atoms with Gasteiger partial charge in [-0.05, 0) is 61.4 Å². The second kappa shape index (κ2) is 10.2. The molecule has 6 heteroatoms. The van der Waals surface area contributed by atoms with Gasteiger partial charge in [-0.3, -0.25) is 9.59 Å². The summed E-state index contributed by atoms with van der Waals surface area (Å²) >= 11 is 1.62. The SMILES string of the molecule is CCCSc1ncccc1C(=O)N1c2ccccc2[C@H](N(C(C)=O)c2ccccc2)C[C@@H]1C. The summed E-state index contributed by atoms with van der Waals surface area (Å²) in [6, 6.07) is 21.1. The molecule has 1 aromatic heterocycles. The number of hydrogen-bond acceptors (Lipinski definition) is 4. The Morgan fingerprint density at radius 3 is 2.52 bits per heavy atom. The van der Waals surface area contributed by atoms with Crippen LogP contribution >= 0.6 is 11.8 Å². The van der Waals surface area contributed by atoms with Crippen molar-refractivity contribution in [2.24, 2.45) is 0 Å². The van der Waals surface area contributed by atoms with Crippen molar-refractivity contribution in [3.05, 3.63) is 84.1 Å². The van der Waals surface area contributed by atoms with Crippen LogP contribution in [-0.4, -0.2) is 28.6 Å². The zero-order valence-corrected chi connectivity index (χ0v) is 20.1. The van der Waals surface area contributed by atoms with Crippen molar-refractivity contribution in [2.45, 2.75) is 50.7 Å². The van der Waals surface area contributed by atoms with Gasteiger partial charge in [-0.2, -0.15) is 0 Å². The van der Waals surface area contributed by atoms with Crippen molar-refractivity contribution in [2.75, 3.05) is 15.6 Å². The first kappa shape index (κ1) is 23.1. The van der Waals surface area contributed by atoms with Gasteiger partial charge in [-0.25, -0.2) is 4.98 Å². The highest BCUT2D eigenvalue weighted by atomic mass is 32.2. The molecule has 0 saturated carbocycles. The molecule has 0 N–H and O–H groups in total. The molecule has 170 valence electrons. The molecule has 0 bridgehead atoms. The third-order valence-corrected chi connectivity index (χ3v) is 7.12. The number of carbonyl (C=O) groups is 2. The number of nitrogens with zero attached hydrogens (tertiary/aromatic N) is 3. The fourth-order valence-electron chi connectivity index (χ4n) is 4.50. The maximum Gasteiger partial charge on any atom is 0.261 e. The fraction of sp³-hybridized carbons (Fsp3) is 0.296. The molecule has 5 nitrogen and oxygen atoms in total. The Kier molecular flexibility index (Phi) is 7.14. The molecule has 4 rings (SSSR count). The molecule has 0 radical (unpaired) electrons. The smallest absolute Gasteiger partial charge is 0.261 e. The predicted molar refractivity (Wildman–Crippen MR) is 135 cm³/mol. The molecule has 2 heterocycles. The van der Waals surface area contributed by atoms with Gasteiger partial charge < -0.3 is 9.80 Å². The second-order valence-corrected chi connectivity index (χ2v) is 9.35. The summed E-state index contributed by atoms with van der Waals surface area (Å²) in [6.07, 6.45) is 3.40. The number of anilines is 2. The number of benzene rings is 2. The standard InChI is InChI=1S/C27H29N3O2S/c1-4-17-33-26-23(14-10-16-28-26)27(32)29-19(2)18-25(22-13-8-9-15-24(22)29)30(20(3)31)21-11-6-5-7-12-21/h5-16,19,25H,4,17-18H2,1-3H3/t19-,25+/m0/s1. The summed E-state index contributed by atoms with van der Waals surface area (Å²) in [7, 11) is 0. The predicted octanol–water partition coefficient (Wildman–Crippen LogP) is 6.12. The van der Waals surface area contributed by atoms with E-state index in [0.29, 0.717) is 12.0 Å². The molecule has 0 unspecified atom stereocenters. The Labute approximate surface area is 199 Å². The second-order valence-electron chi connectivity index (χ2n) is 8.26. The van der Waals surface area contributed by atoms with E-state index in [2.05, 4.69) is 18.8 Å². The van der Waals surface area contributed by atoms with Gasteiger partial charge in [-0.1, -0.05) is 43.3 Å². The first-order valence-electron chi connectivity index (χ1n) is 11.4. The average Bonchev–Trinajstić information content (AvgIpc) is 2.83. The lowest BCUT2D eigenvalue weighted by Gasteiger charge is -2.43. The van der Waals surface area contributed by atoms with Crippen LogP contribution in [0.2, 0.25) is 0 Å². The highest BCUT2D eigenvalue weighted by Gasteiger charge is 2.38. The highest BCUT2D eigenvalue weighted by molar-refractivity contribution is 7.99. The van der Waals surface area contributed by atoms with Crippen LogP contribution in [0.4, 0.5) is 11.4 Å². The maximum atomic E-state index is 13.8. The summed E-state index contributed by atoms with van der Waals surface area (Å²) < 4.78 is 0. The Morgan fingerprint density at radius 1 is 1.06 bits per heavy atom. The Hall–Kier alpha value is -3.12. The molecule has 0 fully saturated rings. The molecule has 3 aromatic rings. The Bertz CT molecular complexity index is 1130. The van der Waals surface area contributed by atoms with Crippen LogP contribution in [0.1, 0.15) is 55.6 Å². The van der Waals surface area contributed by atoms with Gasteiger partial charge in [0.15, 0.2) is 0 Å². The third-order valence-electron chi connectivity index (χ3n) is 5.91. The quantitative estimate of drug-likeness (QED) is 0.417. The van der Waals surface area contributed by atoms with E-state index < -0.39 is 0 Å². The number of hydrogen-bond donors (Lipinski definition) is 0. The van der Waals surface area contributed by atoms with Crippen LogP contribution in [0.25, 0.3) is 0 Å². The topological polar surface area (TPSA) is 53.5 Å². The number of pyridine rings is 1.